The van der Waals surface area contributed by atoms with Crippen LogP contribution in [-0.2, 0) is 0 Å². The number of aromatic nitrogens is 5. The van der Waals surface area contributed by atoms with Crippen LogP contribution in [0.5, 0.6) is 0 Å². The SMILES string of the molecule is c1ccc(-c2cccc(-c3ccc4cc(-c5ccc6nc(-c7cc(-c8ccnc9ccccc89)cc(-c8ccnc9ccccc89)c7)ccc6c5)ccc4n3)c2)nc1. The minimum Gasteiger partial charge on any atom is -0.256 e. The van der Waals surface area contributed by atoms with Gasteiger partial charge in [0.15, 0.2) is 0 Å². The first-order valence-electron chi connectivity index (χ1n) is 19.4. The van der Waals surface area contributed by atoms with Gasteiger partial charge in [0.05, 0.1) is 39.1 Å². The lowest BCUT2D eigenvalue weighted by Gasteiger charge is -2.14. The third kappa shape index (κ3) is 6.12. The average Bonchev–Trinajstić information content (AvgIpc) is 3.30. The van der Waals surface area contributed by atoms with E-state index in [2.05, 4.69) is 167 Å². The molecule has 0 saturated carbocycles. The van der Waals surface area contributed by atoms with E-state index in [1.165, 1.54) is 0 Å². The van der Waals surface area contributed by atoms with Crippen LogP contribution in [0.3, 0.4) is 0 Å². The van der Waals surface area contributed by atoms with Crippen molar-refractivity contribution in [2.45, 2.75) is 0 Å². The molecule has 0 N–H and O–H groups in total. The minimum absolute atomic E-state index is 0.915. The number of nitrogens with zero attached hydrogens (tertiary/aromatic N) is 5. The van der Waals surface area contributed by atoms with E-state index >= 15 is 0 Å². The number of hydrogen-bond donors (Lipinski definition) is 0. The number of pyridine rings is 5. The van der Waals surface area contributed by atoms with Crippen molar-refractivity contribution in [2.24, 2.45) is 0 Å². The molecule has 11 rings (SSSR count). The van der Waals surface area contributed by atoms with Crippen molar-refractivity contribution in [3.63, 3.8) is 0 Å². The number of para-hydroxylation sites is 2. The van der Waals surface area contributed by atoms with E-state index in [-0.39, 0.29) is 0 Å². The van der Waals surface area contributed by atoms with Gasteiger partial charge in [-0.15, -0.1) is 0 Å². The maximum absolute atomic E-state index is 5.25. The minimum atomic E-state index is 0.915. The predicted octanol–water partition coefficient (Wildman–Crippen LogP) is 13.3. The molecule has 0 radical (unpaired) electrons. The predicted molar refractivity (Wildman–Crippen MR) is 238 cm³/mol. The Morgan fingerprint density at radius 1 is 0.259 bits per heavy atom. The fourth-order valence-corrected chi connectivity index (χ4v) is 8.08. The molecule has 11 aromatic rings. The maximum Gasteiger partial charge on any atom is 0.0710 e. The largest absolute Gasteiger partial charge is 0.256 e. The van der Waals surface area contributed by atoms with Gasteiger partial charge in [0.25, 0.3) is 0 Å². The Morgan fingerprint density at radius 3 is 1.36 bits per heavy atom. The molecule has 270 valence electrons. The van der Waals surface area contributed by atoms with E-state index in [1.54, 1.807) is 0 Å². The molecule has 0 atom stereocenters. The lowest BCUT2D eigenvalue weighted by molar-refractivity contribution is 1.32. The zero-order chi connectivity index (χ0) is 38.4. The monoisotopic (exact) mass is 739 g/mol. The van der Waals surface area contributed by atoms with Crippen molar-refractivity contribution < 1.29 is 0 Å². The van der Waals surface area contributed by atoms with Crippen molar-refractivity contribution in [3.05, 3.63) is 201 Å². The van der Waals surface area contributed by atoms with Gasteiger partial charge in [-0.25, -0.2) is 9.97 Å². The van der Waals surface area contributed by atoms with E-state index in [9.17, 15) is 0 Å². The molecule has 0 unspecified atom stereocenters. The zero-order valence-corrected chi connectivity index (χ0v) is 31.3. The number of fused-ring (bicyclic) bond motifs is 4. The first kappa shape index (κ1) is 33.4. The summed E-state index contributed by atoms with van der Waals surface area (Å²) in [6.45, 7) is 0. The summed E-state index contributed by atoms with van der Waals surface area (Å²) in [5.74, 6) is 0. The van der Waals surface area contributed by atoms with Crippen LogP contribution in [0.2, 0.25) is 0 Å². The summed E-state index contributed by atoms with van der Waals surface area (Å²) in [4.78, 5) is 24.1. The van der Waals surface area contributed by atoms with Gasteiger partial charge >= 0.3 is 0 Å². The Morgan fingerprint density at radius 2 is 0.776 bits per heavy atom. The summed E-state index contributed by atoms with van der Waals surface area (Å²) in [5.41, 5.74) is 16.6. The van der Waals surface area contributed by atoms with Crippen LogP contribution in [0.25, 0.3) is 111 Å². The van der Waals surface area contributed by atoms with Crippen LogP contribution in [-0.4, -0.2) is 24.9 Å². The summed E-state index contributed by atoms with van der Waals surface area (Å²) in [5, 5.41) is 4.40. The molecule has 0 aliphatic heterocycles. The van der Waals surface area contributed by atoms with Crippen molar-refractivity contribution in [3.8, 4) is 67.2 Å². The zero-order valence-electron chi connectivity index (χ0n) is 31.3. The molecule has 0 spiro atoms. The summed E-state index contributed by atoms with van der Waals surface area (Å²) in [7, 11) is 0. The van der Waals surface area contributed by atoms with Gasteiger partial charge in [-0.2, -0.15) is 0 Å². The molecule has 5 nitrogen and oxygen atoms in total. The third-order valence-electron chi connectivity index (χ3n) is 11.0. The van der Waals surface area contributed by atoms with E-state index in [0.717, 1.165) is 111 Å². The molecule has 0 amide bonds. The van der Waals surface area contributed by atoms with E-state index in [4.69, 9.17) is 9.97 Å². The fraction of sp³-hybridized carbons (Fsp3) is 0. The van der Waals surface area contributed by atoms with Gasteiger partial charge in [-0.1, -0.05) is 84.9 Å². The number of hydrogen-bond acceptors (Lipinski definition) is 5. The summed E-state index contributed by atoms with van der Waals surface area (Å²) >= 11 is 0. The molecule has 5 heterocycles. The second kappa shape index (κ2) is 14.0. The Labute approximate surface area is 335 Å². The second-order valence-corrected chi connectivity index (χ2v) is 14.6. The Bertz CT molecular complexity index is 3250. The highest BCUT2D eigenvalue weighted by molar-refractivity contribution is 6.00. The summed E-state index contributed by atoms with van der Waals surface area (Å²) in [6.07, 6.45) is 5.61. The van der Waals surface area contributed by atoms with E-state index in [1.807, 2.05) is 48.9 Å². The Hall–Kier alpha value is -7.89. The van der Waals surface area contributed by atoms with E-state index < -0.39 is 0 Å². The summed E-state index contributed by atoms with van der Waals surface area (Å²) < 4.78 is 0. The molecule has 0 fully saturated rings. The lowest BCUT2D eigenvalue weighted by Crippen LogP contribution is -1.92. The quantitative estimate of drug-likeness (QED) is 0.170. The van der Waals surface area contributed by atoms with Gasteiger partial charge in [-0.3, -0.25) is 15.0 Å². The first-order chi connectivity index (χ1) is 28.7. The Kier molecular flexibility index (Phi) is 8.07. The molecule has 0 saturated heterocycles. The van der Waals surface area contributed by atoms with Gasteiger partial charge < -0.3 is 0 Å². The van der Waals surface area contributed by atoms with Crippen LogP contribution in [0.4, 0.5) is 0 Å². The molecule has 0 aliphatic carbocycles. The van der Waals surface area contributed by atoms with Crippen LogP contribution < -0.4 is 0 Å². The van der Waals surface area contributed by atoms with Crippen molar-refractivity contribution in [1.82, 2.24) is 24.9 Å². The lowest BCUT2D eigenvalue weighted by atomic mass is 9.92. The van der Waals surface area contributed by atoms with E-state index in [0.29, 0.717) is 0 Å². The van der Waals surface area contributed by atoms with Gasteiger partial charge in [-0.05, 0) is 130 Å². The maximum atomic E-state index is 5.25. The van der Waals surface area contributed by atoms with Crippen LogP contribution >= 0.6 is 0 Å². The first-order valence-corrected chi connectivity index (χ1v) is 19.4. The topological polar surface area (TPSA) is 64.5 Å². The smallest absolute Gasteiger partial charge is 0.0710 e. The van der Waals surface area contributed by atoms with Crippen molar-refractivity contribution in [1.29, 1.82) is 0 Å². The standard InChI is InChI=1S/C53H33N5/c1-3-13-52-45(10-1)43(23-26-55-52)40-31-41(44-24-27-56-53-14-4-2-11-46(44)53)33-42(32-40)51-22-18-39-29-35(16-20-50(39)58-51)34-15-19-49-38(28-34)17-21-48(57-49)37-9-7-8-36(30-37)47-12-5-6-25-54-47/h1-33H. The Balaban J connectivity index is 0.952. The van der Waals surface area contributed by atoms with Crippen LogP contribution in [0.1, 0.15) is 0 Å². The van der Waals surface area contributed by atoms with Gasteiger partial charge in [0.2, 0.25) is 0 Å². The highest BCUT2D eigenvalue weighted by atomic mass is 14.7. The molecule has 5 aromatic heterocycles. The molecule has 5 heteroatoms. The molecular formula is C53H33N5. The molecular weight excluding hydrogens is 707 g/mol. The van der Waals surface area contributed by atoms with Gasteiger partial charge in [0.1, 0.15) is 0 Å². The second-order valence-electron chi connectivity index (χ2n) is 14.6. The molecule has 0 aliphatic rings. The summed E-state index contributed by atoms with van der Waals surface area (Å²) in [6, 6.07) is 63.6. The number of benzene rings is 6. The average molecular weight is 740 g/mol. The molecule has 6 aromatic carbocycles. The van der Waals surface area contributed by atoms with Crippen LogP contribution in [0, 0.1) is 0 Å². The highest BCUT2D eigenvalue weighted by Gasteiger charge is 2.14. The molecule has 0 bridgehead atoms. The van der Waals surface area contributed by atoms with Crippen molar-refractivity contribution in [2.75, 3.05) is 0 Å². The van der Waals surface area contributed by atoms with Crippen LogP contribution in [0.15, 0.2) is 201 Å². The fourth-order valence-electron chi connectivity index (χ4n) is 8.08. The highest BCUT2D eigenvalue weighted by Crippen LogP contribution is 2.38. The third-order valence-corrected chi connectivity index (χ3v) is 11.0. The van der Waals surface area contributed by atoms with Gasteiger partial charge in [0, 0.05) is 56.8 Å². The molecule has 58 heavy (non-hydrogen) atoms. The van der Waals surface area contributed by atoms with Crippen molar-refractivity contribution >= 4 is 43.6 Å². The number of rotatable bonds is 6. The normalized spacial score (nSPS) is 11.4.